The molecule has 1 heterocycles. The van der Waals surface area contributed by atoms with Gasteiger partial charge in [0, 0.05) is 12.4 Å². The zero-order valence-electron chi connectivity index (χ0n) is 9.91. The van der Waals surface area contributed by atoms with E-state index in [1.165, 1.54) is 19.5 Å². The van der Waals surface area contributed by atoms with Gasteiger partial charge in [-0.2, -0.15) is 0 Å². The number of aromatic nitrogens is 2. The van der Waals surface area contributed by atoms with Gasteiger partial charge in [0.25, 0.3) is 0 Å². The van der Waals surface area contributed by atoms with Crippen molar-refractivity contribution in [3.63, 3.8) is 0 Å². The molecular weight excluding hydrogens is 230 g/mol. The Labute approximate surface area is 105 Å². The summed E-state index contributed by atoms with van der Waals surface area (Å²) in [5.74, 6) is -0.125. The maximum atomic E-state index is 12.2. The molecule has 0 radical (unpaired) electrons. The van der Waals surface area contributed by atoms with Crippen LogP contribution in [0.5, 0.6) is 5.88 Å². The number of hydrogen-bond acceptors (Lipinski definition) is 5. The molecule has 92 valence electrons. The number of Topliss-reactive ketones (excluding diaryl/α,β-unsaturated/α-hetero) is 1. The summed E-state index contributed by atoms with van der Waals surface area (Å²) in [7, 11) is 1.44. The fourth-order valence-corrected chi connectivity index (χ4v) is 1.60. The Kier molecular flexibility index (Phi) is 3.64. The summed E-state index contributed by atoms with van der Waals surface area (Å²) in [5, 5.41) is 0. The normalized spacial score (nSPS) is 11.9. The van der Waals surface area contributed by atoms with Crippen molar-refractivity contribution in [1.82, 2.24) is 9.97 Å². The van der Waals surface area contributed by atoms with E-state index >= 15 is 0 Å². The van der Waals surface area contributed by atoms with Gasteiger partial charge < -0.3 is 10.5 Å². The third-order valence-corrected chi connectivity index (χ3v) is 2.53. The molecule has 0 fully saturated rings. The van der Waals surface area contributed by atoms with Gasteiger partial charge in [-0.1, -0.05) is 30.3 Å². The van der Waals surface area contributed by atoms with E-state index in [1.54, 1.807) is 12.1 Å². The number of ether oxygens (including phenoxy) is 1. The lowest BCUT2D eigenvalue weighted by Gasteiger charge is -2.11. The smallest absolute Gasteiger partial charge is 0.243 e. The zero-order chi connectivity index (χ0) is 13.0. The van der Waals surface area contributed by atoms with Gasteiger partial charge in [0.15, 0.2) is 5.69 Å². The summed E-state index contributed by atoms with van der Waals surface area (Å²) in [6.45, 7) is 0. The number of hydrogen-bond donors (Lipinski definition) is 1. The van der Waals surface area contributed by atoms with Crippen LogP contribution in [-0.4, -0.2) is 22.9 Å². The molecule has 1 atom stereocenters. The number of rotatable bonds is 4. The summed E-state index contributed by atoms with van der Waals surface area (Å²) in [6, 6.07) is 8.35. The summed E-state index contributed by atoms with van der Waals surface area (Å²) in [6.07, 6.45) is 2.90. The van der Waals surface area contributed by atoms with Gasteiger partial charge >= 0.3 is 0 Å². The lowest BCUT2D eigenvalue weighted by Crippen LogP contribution is -2.23. The molecule has 2 rings (SSSR count). The number of carbonyl (C=O) groups is 1. The molecule has 0 aliphatic rings. The summed E-state index contributed by atoms with van der Waals surface area (Å²) < 4.78 is 5.00. The summed E-state index contributed by atoms with van der Waals surface area (Å²) in [4.78, 5) is 20.1. The summed E-state index contributed by atoms with van der Waals surface area (Å²) in [5.41, 5.74) is 6.80. The summed E-state index contributed by atoms with van der Waals surface area (Å²) >= 11 is 0. The molecule has 1 aromatic heterocycles. The standard InChI is InChI=1S/C13H13N3O2/c1-18-13-11(15-7-8-16-13)12(17)10(14)9-5-3-2-4-6-9/h2-8,10H,14H2,1H3. The van der Waals surface area contributed by atoms with E-state index in [-0.39, 0.29) is 17.4 Å². The van der Waals surface area contributed by atoms with Crippen LogP contribution in [0.2, 0.25) is 0 Å². The predicted molar refractivity (Wildman–Crippen MR) is 66.3 cm³/mol. The molecule has 1 aromatic carbocycles. The first-order chi connectivity index (χ1) is 8.74. The lowest BCUT2D eigenvalue weighted by molar-refractivity contribution is 0.0952. The van der Waals surface area contributed by atoms with E-state index in [9.17, 15) is 4.79 Å². The molecular formula is C13H13N3O2. The fourth-order valence-electron chi connectivity index (χ4n) is 1.60. The zero-order valence-corrected chi connectivity index (χ0v) is 9.91. The topological polar surface area (TPSA) is 78.1 Å². The second-order valence-electron chi connectivity index (χ2n) is 3.67. The Morgan fingerprint density at radius 2 is 1.89 bits per heavy atom. The van der Waals surface area contributed by atoms with Crippen molar-refractivity contribution >= 4 is 5.78 Å². The molecule has 0 aliphatic heterocycles. The highest BCUT2D eigenvalue weighted by Crippen LogP contribution is 2.19. The Morgan fingerprint density at radius 1 is 1.22 bits per heavy atom. The molecule has 0 spiro atoms. The van der Waals surface area contributed by atoms with Crippen molar-refractivity contribution in [2.45, 2.75) is 6.04 Å². The number of benzene rings is 1. The molecule has 2 N–H and O–H groups in total. The number of nitrogens with two attached hydrogens (primary N) is 1. The minimum atomic E-state index is -0.767. The Balaban J connectivity index is 2.32. The van der Waals surface area contributed by atoms with Gasteiger partial charge in [-0.25, -0.2) is 9.97 Å². The monoisotopic (exact) mass is 243 g/mol. The highest BCUT2D eigenvalue weighted by Gasteiger charge is 2.22. The van der Waals surface area contributed by atoms with Gasteiger partial charge in [-0.3, -0.25) is 4.79 Å². The maximum Gasteiger partial charge on any atom is 0.243 e. The Bertz CT molecular complexity index is 543. The molecule has 0 saturated heterocycles. The number of methoxy groups -OCH3 is 1. The van der Waals surface area contributed by atoms with E-state index in [2.05, 4.69) is 9.97 Å². The van der Waals surface area contributed by atoms with Crippen LogP contribution in [0, 0.1) is 0 Å². The minimum Gasteiger partial charge on any atom is -0.479 e. The minimum absolute atomic E-state index is 0.149. The first-order valence-electron chi connectivity index (χ1n) is 5.43. The average molecular weight is 243 g/mol. The predicted octanol–water partition coefficient (Wildman–Crippen LogP) is 1.37. The molecule has 5 heteroatoms. The number of nitrogens with zero attached hydrogens (tertiary/aromatic N) is 2. The van der Waals surface area contributed by atoms with E-state index < -0.39 is 6.04 Å². The van der Waals surface area contributed by atoms with Crippen molar-refractivity contribution < 1.29 is 9.53 Å². The molecule has 0 amide bonds. The van der Waals surface area contributed by atoms with Crippen LogP contribution >= 0.6 is 0 Å². The van der Waals surface area contributed by atoms with Crippen molar-refractivity contribution in [3.8, 4) is 5.88 Å². The molecule has 0 saturated carbocycles. The molecule has 0 aliphatic carbocycles. The number of ketones is 1. The molecule has 5 nitrogen and oxygen atoms in total. The van der Waals surface area contributed by atoms with E-state index in [0.717, 1.165) is 5.56 Å². The first-order valence-corrected chi connectivity index (χ1v) is 5.43. The van der Waals surface area contributed by atoms with Crippen molar-refractivity contribution in [3.05, 3.63) is 54.0 Å². The SMILES string of the molecule is COc1nccnc1C(=O)C(N)c1ccccc1. The molecule has 18 heavy (non-hydrogen) atoms. The second kappa shape index (κ2) is 5.37. The van der Waals surface area contributed by atoms with Gasteiger partial charge in [-0.15, -0.1) is 0 Å². The highest BCUT2D eigenvalue weighted by atomic mass is 16.5. The second-order valence-corrected chi connectivity index (χ2v) is 3.67. The van der Waals surface area contributed by atoms with Crippen LogP contribution < -0.4 is 10.5 Å². The van der Waals surface area contributed by atoms with Crippen molar-refractivity contribution in [1.29, 1.82) is 0 Å². The van der Waals surface area contributed by atoms with E-state index in [1.807, 2.05) is 18.2 Å². The van der Waals surface area contributed by atoms with Gasteiger partial charge in [0.05, 0.1) is 13.2 Å². The van der Waals surface area contributed by atoms with Gasteiger partial charge in [0.2, 0.25) is 11.7 Å². The largest absolute Gasteiger partial charge is 0.479 e. The Hall–Kier alpha value is -2.27. The lowest BCUT2D eigenvalue weighted by atomic mass is 10.0. The maximum absolute atomic E-state index is 12.2. The number of carbonyl (C=O) groups excluding carboxylic acids is 1. The quantitative estimate of drug-likeness (QED) is 0.820. The molecule has 1 unspecified atom stereocenters. The van der Waals surface area contributed by atoms with Gasteiger partial charge in [-0.05, 0) is 5.56 Å². The van der Waals surface area contributed by atoms with Crippen LogP contribution in [0.25, 0.3) is 0 Å². The van der Waals surface area contributed by atoms with E-state index in [4.69, 9.17) is 10.5 Å². The van der Waals surface area contributed by atoms with Gasteiger partial charge in [0.1, 0.15) is 0 Å². The van der Waals surface area contributed by atoms with Crippen LogP contribution in [0.4, 0.5) is 0 Å². The molecule has 2 aromatic rings. The first kappa shape index (κ1) is 12.2. The van der Waals surface area contributed by atoms with Crippen molar-refractivity contribution in [2.24, 2.45) is 5.73 Å². The van der Waals surface area contributed by atoms with Crippen LogP contribution in [0.3, 0.4) is 0 Å². The highest BCUT2D eigenvalue weighted by molar-refractivity contribution is 6.00. The van der Waals surface area contributed by atoms with Crippen LogP contribution in [-0.2, 0) is 0 Å². The average Bonchev–Trinajstić information content (AvgIpc) is 2.46. The van der Waals surface area contributed by atoms with Crippen molar-refractivity contribution in [2.75, 3.05) is 7.11 Å². The van der Waals surface area contributed by atoms with E-state index in [0.29, 0.717) is 0 Å². The third-order valence-electron chi connectivity index (χ3n) is 2.53. The fraction of sp³-hybridized carbons (Fsp3) is 0.154. The molecule has 0 bridgehead atoms. The van der Waals surface area contributed by atoms with Crippen LogP contribution in [0.1, 0.15) is 22.1 Å². The Morgan fingerprint density at radius 3 is 2.56 bits per heavy atom. The van der Waals surface area contributed by atoms with Crippen LogP contribution in [0.15, 0.2) is 42.7 Å². The third kappa shape index (κ3) is 2.36.